The van der Waals surface area contributed by atoms with E-state index in [0.29, 0.717) is 22.7 Å². The van der Waals surface area contributed by atoms with E-state index in [1.54, 1.807) is 0 Å². The zero-order valence-electron chi connectivity index (χ0n) is 10.1. The number of nitrogen functional groups attached to an aromatic ring is 1. The third kappa shape index (κ3) is 2.83. The van der Waals surface area contributed by atoms with Crippen LogP contribution in [0.2, 0.25) is 0 Å². The highest BCUT2D eigenvalue weighted by molar-refractivity contribution is 9.10. The number of nitrogens with two attached hydrogens (primary N) is 1. The summed E-state index contributed by atoms with van der Waals surface area (Å²) in [6.45, 7) is 0. The van der Waals surface area contributed by atoms with Crippen molar-refractivity contribution in [2.24, 2.45) is 0 Å². The van der Waals surface area contributed by atoms with Gasteiger partial charge in [0.1, 0.15) is 0 Å². The molecule has 1 aromatic carbocycles. The number of nitrogens with one attached hydrogen (secondary N) is 1. The minimum Gasteiger partial charge on any atom is -0.420 e. The molecule has 9 heteroatoms. The fourth-order valence-corrected chi connectivity index (χ4v) is 2.60. The number of hydrogen-bond acceptors (Lipinski definition) is 7. The Labute approximate surface area is 126 Å². The zero-order chi connectivity index (χ0) is 13.9. The van der Waals surface area contributed by atoms with Gasteiger partial charge in [-0.1, -0.05) is 23.9 Å². The molecule has 102 valence electrons. The summed E-state index contributed by atoms with van der Waals surface area (Å²) in [6.07, 6.45) is 0. The molecule has 3 N–H and O–H groups in total. The van der Waals surface area contributed by atoms with Gasteiger partial charge in [0.15, 0.2) is 0 Å². The van der Waals surface area contributed by atoms with Gasteiger partial charge in [-0.15, -0.1) is 15.3 Å². The highest BCUT2D eigenvalue weighted by atomic mass is 79.9. The molecule has 0 unspecified atom stereocenters. The molecule has 0 amide bonds. The van der Waals surface area contributed by atoms with Crippen molar-refractivity contribution in [1.29, 1.82) is 0 Å². The molecule has 0 bridgehead atoms. The molecule has 0 saturated carbocycles. The Hall–Kier alpha value is -1.87. The second-order valence-electron chi connectivity index (χ2n) is 3.77. The molecule has 0 aliphatic rings. The molecule has 3 rings (SSSR count). The standard InChI is InChI=1S/C11H9BrN6OS/c12-7-4-2-1-3-6(7)9-16-15-8(19-9)5-20-11-14-10(13)17-18-11/h1-4H,5H2,(H3,13,14,17,18). The van der Waals surface area contributed by atoms with Crippen LogP contribution >= 0.6 is 27.7 Å². The molecule has 2 aromatic heterocycles. The monoisotopic (exact) mass is 352 g/mol. The maximum Gasteiger partial charge on any atom is 0.248 e. The first-order valence-electron chi connectivity index (χ1n) is 5.60. The van der Waals surface area contributed by atoms with Gasteiger partial charge in [-0.25, -0.2) is 5.10 Å². The molecule has 0 aliphatic carbocycles. The molecular weight excluding hydrogens is 344 g/mol. The summed E-state index contributed by atoms with van der Waals surface area (Å²) >= 11 is 4.82. The van der Waals surface area contributed by atoms with E-state index in [0.717, 1.165) is 10.0 Å². The molecule has 20 heavy (non-hydrogen) atoms. The first-order chi connectivity index (χ1) is 9.72. The van der Waals surface area contributed by atoms with Crippen LogP contribution in [0.4, 0.5) is 5.95 Å². The van der Waals surface area contributed by atoms with E-state index < -0.39 is 0 Å². The van der Waals surface area contributed by atoms with Crippen LogP contribution in [0.1, 0.15) is 5.89 Å². The quantitative estimate of drug-likeness (QED) is 0.694. The van der Waals surface area contributed by atoms with E-state index in [1.807, 2.05) is 24.3 Å². The second-order valence-corrected chi connectivity index (χ2v) is 5.57. The third-order valence-corrected chi connectivity index (χ3v) is 3.90. The van der Waals surface area contributed by atoms with Gasteiger partial charge in [-0.3, -0.25) is 0 Å². The number of thioether (sulfide) groups is 1. The highest BCUT2D eigenvalue weighted by Gasteiger charge is 2.12. The van der Waals surface area contributed by atoms with Gasteiger partial charge in [0.2, 0.25) is 22.9 Å². The van der Waals surface area contributed by atoms with Crippen molar-refractivity contribution in [3.63, 3.8) is 0 Å². The topological polar surface area (TPSA) is 107 Å². The third-order valence-electron chi connectivity index (χ3n) is 2.38. The van der Waals surface area contributed by atoms with Crippen LogP contribution in [-0.4, -0.2) is 25.4 Å². The summed E-state index contributed by atoms with van der Waals surface area (Å²) < 4.78 is 6.52. The number of halogens is 1. The number of hydrogen-bond donors (Lipinski definition) is 2. The average Bonchev–Trinajstić information content (AvgIpc) is 3.06. The van der Waals surface area contributed by atoms with E-state index in [2.05, 4.69) is 41.3 Å². The van der Waals surface area contributed by atoms with Crippen molar-refractivity contribution in [3.05, 3.63) is 34.6 Å². The minimum absolute atomic E-state index is 0.284. The van der Waals surface area contributed by atoms with Crippen molar-refractivity contribution >= 4 is 33.6 Å². The second kappa shape index (κ2) is 5.63. The summed E-state index contributed by atoms with van der Waals surface area (Å²) in [5.74, 6) is 1.74. The lowest BCUT2D eigenvalue weighted by molar-refractivity contribution is 0.528. The number of nitrogens with zero attached hydrogens (tertiary/aromatic N) is 4. The largest absolute Gasteiger partial charge is 0.420 e. The summed E-state index contributed by atoms with van der Waals surface area (Å²) in [7, 11) is 0. The molecule has 0 spiro atoms. The Balaban J connectivity index is 1.72. The van der Waals surface area contributed by atoms with Crippen molar-refractivity contribution in [1.82, 2.24) is 25.4 Å². The molecule has 0 saturated heterocycles. The average molecular weight is 353 g/mol. The number of rotatable bonds is 4. The molecule has 0 aliphatic heterocycles. The van der Waals surface area contributed by atoms with Crippen LogP contribution in [0.15, 0.2) is 38.3 Å². The fourth-order valence-electron chi connectivity index (χ4n) is 1.50. The lowest BCUT2D eigenvalue weighted by atomic mass is 10.2. The van der Waals surface area contributed by atoms with E-state index in [9.17, 15) is 0 Å². The number of benzene rings is 1. The first kappa shape index (κ1) is 13.1. The van der Waals surface area contributed by atoms with Gasteiger partial charge in [0, 0.05) is 4.47 Å². The summed E-state index contributed by atoms with van der Waals surface area (Å²) in [4.78, 5) is 3.98. The maximum absolute atomic E-state index is 5.61. The number of H-pyrrole nitrogens is 1. The van der Waals surface area contributed by atoms with Gasteiger partial charge >= 0.3 is 0 Å². The Bertz CT molecular complexity index is 727. The maximum atomic E-state index is 5.61. The summed E-state index contributed by atoms with van der Waals surface area (Å²) in [6, 6.07) is 7.67. The Kier molecular flexibility index (Phi) is 3.70. The lowest BCUT2D eigenvalue weighted by Gasteiger charge is -1.97. The van der Waals surface area contributed by atoms with E-state index in [4.69, 9.17) is 10.2 Å². The van der Waals surface area contributed by atoms with Crippen molar-refractivity contribution in [2.75, 3.05) is 5.73 Å². The van der Waals surface area contributed by atoms with Gasteiger partial charge in [0.25, 0.3) is 0 Å². The van der Waals surface area contributed by atoms with Crippen LogP contribution in [0.25, 0.3) is 11.5 Å². The molecule has 0 radical (unpaired) electrons. The summed E-state index contributed by atoms with van der Waals surface area (Å²) in [5, 5.41) is 15.1. The molecular formula is C11H9BrN6OS. The van der Waals surface area contributed by atoms with Crippen LogP contribution in [-0.2, 0) is 5.75 Å². The number of aromatic amines is 1. The minimum atomic E-state index is 0.284. The zero-order valence-corrected chi connectivity index (χ0v) is 12.5. The van der Waals surface area contributed by atoms with Crippen LogP contribution in [0.5, 0.6) is 0 Å². The molecule has 2 heterocycles. The molecule has 0 atom stereocenters. The Morgan fingerprint density at radius 1 is 1.30 bits per heavy atom. The van der Waals surface area contributed by atoms with Gasteiger partial charge < -0.3 is 10.2 Å². The Morgan fingerprint density at radius 3 is 2.90 bits per heavy atom. The fraction of sp³-hybridized carbons (Fsp3) is 0.0909. The number of aromatic nitrogens is 5. The Morgan fingerprint density at radius 2 is 2.15 bits per heavy atom. The summed E-state index contributed by atoms with van der Waals surface area (Å²) in [5.41, 5.74) is 6.30. The molecule has 0 fully saturated rings. The van der Waals surface area contributed by atoms with E-state index in [1.165, 1.54) is 11.8 Å². The first-order valence-corrected chi connectivity index (χ1v) is 7.38. The normalized spacial score (nSPS) is 10.8. The SMILES string of the molecule is Nc1nc(SCc2nnc(-c3ccccc3Br)o2)n[nH]1. The van der Waals surface area contributed by atoms with Crippen LogP contribution in [0.3, 0.4) is 0 Å². The van der Waals surface area contributed by atoms with Crippen LogP contribution < -0.4 is 5.73 Å². The van der Waals surface area contributed by atoms with Gasteiger partial charge in [-0.05, 0) is 28.1 Å². The van der Waals surface area contributed by atoms with Gasteiger partial charge in [-0.2, -0.15) is 4.98 Å². The van der Waals surface area contributed by atoms with Gasteiger partial charge in [0.05, 0.1) is 11.3 Å². The van der Waals surface area contributed by atoms with Crippen molar-refractivity contribution < 1.29 is 4.42 Å². The van der Waals surface area contributed by atoms with Crippen LogP contribution in [0, 0.1) is 0 Å². The van der Waals surface area contributed by atoms with Crippen molar-refractivity contribution in [2.45, 2.75) is 10.9 Å². The molecule has 7 nitrogen and oxygen atoms in total. The predicted molar refractivity (Wildman–Crippen MR) is 77.8 cm³/mol. The lowest BCUT2D eigenvalue weighted by Crippen LogP contribution is -1.85. The smallest absolute Gasteiger partial charge is 0.248 e. The highest BCUT2D eigenvalue weighted by Crippen LogP contribution is 2.28. The van der Waals surface area contributed by atoms with Crippen molar-refractivity contribution in [3.8, 4) is 11.5 Å². The number of anilines is 1. The predicted octanol–water partition coefficient (Wildman–Crippen LogP) is 2.49. The van der Waals surface area contributed by atoms with E-state index in [-0.39, 0.29) is 5.95 Å². The van der Waals surface area contributed by atoms with E-state index >= 15 is 0 Å². The molecule has 3 aromatic rings.